The summed E-state index contributed by atoms with van der Waals surface area (Å²) in [6.07, 6.45) is 6.16. The second kappa shape index (κ2) is 11.4. The largest absolute Gasteiger partial charge is 0.300 e. The summed E-state index contributed by atoms with van der Waals surface area (Å²) in [5.74, 6) is 0.250. The van der Waals surface area contributed by atoms with Gasteiger partial charge >= 0.3 is 0 Å². The van der Waals surface area contributed by atoms with E-state index in [2.05, 4.69) is 36.0 Å². The number of anilines is 2. The number of nitrogens with zero attached hydrogens (tertiary/aromatic N) is 5. The highest BCUT2D eigenvalue weighted by atomic mass is 32.1. The topological polar surface area (TPSA) is 123 Å². The van der Waals surface area contributed by atoms with Crippen molar-refractivity contribution in [1.29, 1.82) is 0 Å². The van der Waals surface area contributed by atoms with E-state index in [4.69, 9.17) is 0 Å². The van der Waals surface area contributed by atoms with E-state index in [0.717, 1.165) is 41.3 Å². The third-order valence-electron chi connectivity index (χ3n) is 6.02. The Balaban J connectivity index is 1.15. The van der Waals surface area contributed by atoms with Crippen LogP contribution in [0.2, 0.25) is 0 Å². The molecule has 5 rings (SSSR count). The van der Waals surface area contributed by atoms with Crippen molar-refractivity contribution in [2.75, 3.05) is 10.6 Å². The van der Waals surface area contributed by atoms with E-state index in [9.17, 15) is 9.59 Å². The fourth-order valence-corrected chi connectivity index (χ4v) is 6.13. The van der Waals surface area contributed by atoms with E-state index in [1.165, 1.54) is 22.7 Å². The smallest absolute Gasteiger partial charge is 0.232 e. The van der Waals surface area contributed by atoms with Gasteiger partial charge in [-0.1, -0.05) is 65.5 Å². The van der Waals surface area contributed by atoms with E-state index >= 15 is 0 Å². The molecule has 2 amide bonds. The molecule has 1 aliphatic carbocycles. The third-order valence-corrected chi connectivity index (χ3v) is 8.02. The van der Waals surface area contributed by atoms with Crippen molar-refractivity contribution in [3.63, 3.8) is 0 Å². The van der Waals surface area contributed by atoms with Gasteiger partial charge in [0.2, 0.25) is 22.1 Å². The fourth-order valence-electron chi connectivity index (χ4n) is 4.31. The van der Waals surface area contributed by atoms with E-state index in [-0.39, 0.29) is 30.1 Å². The predicted octanol–water partition coefficient (Wildman–Crippen LogP) is 4.59. The van der Waals surface area contributed by atoms with Gasteiger partial charge in [0.1, 0.15) is 10.0 Å². The number of carbonyl (C=O) groups excluding carboxylic acids is 2. The van der Waals surface area contributed by atoms with Gasteiger partial charge in [0.15, 0.2) is 0 Å². The molecule has 0 radical (unpaired) electrons. The summed E-state index contributed by atoms with van der Waals surface area (Å²) < 4.78 is 0. The Morgan fingerprint density at radius 1 is 0.778 bits per heavy atom. The fraction of sp³-hybridized carbons (Fsp3) is 0.320. The van der Waals surface area contributed by atoms with Crippen LogP contribution in [0.4, 0.5) is 10.3 Å². The van der Waals surface area contributed by atoms with Crippen LogP contribution in [0.15, 0.2) is 54.7 Å². The molecule has 0 spiro atoms. The monoisotopic (exact) mass is 519 g/mol. The second-order valence-corrected chi connectivity index (χ2v) is 10.7. The SMILES string of the molecule is O=C(Cc1ccccc1)Nc1nnc(C2CCCC(c3nnc(NC(=O)Cc4ccccn4)s3)C2)s1. The van der Waals surface area contributed by atoms with Crippen LogP contribution in [0.5, 0.6) is 0 Å². The molecule has 9 nitrogen and oxygen atoms in total. The second-order valence-electron chi connectivity index (χ2n) is 8.71. The Bertz CT molecular complexity index is 1210. The van der Waals surface area contributed by atoms with E-state index in [0.29, 0.717) is 22.4 Å². The van der Waals surface area contributed by atoms with Crippen molar-refractivity contribution in [1.82, 2.24) is 25.4 Å². The zero-order chi connectivity index (χ0) is 24.7. The van der Waals surface area contributed by atoms with Crippen LogP contribution >= 0.6 is 22.7 Å². The van der Waals surface area contributed by atoms with Gasteiger partial charge in [-0.2, -0.15) is 0 Å². The Morgan fingerprint density at radius 2 is 1.39 bits per heavy atom. The van der Waals surface area contributed by atoms with Crippen LogP contribution in [0.3, 0.4) is 0 Å². The molecule has 11 heteroatoms. The highest BCUT2D eigenvalue weighted by molar-refractivity contribution is 7.15. The number of carbonyl (C=O) groups is 2. The first-order valence-electron chi connectivity index (χ1n) is 11.8. The standard InChI is InChI=1S/C25H25N7O2S2/c33-20(13-16-7-2-1-3-8-16)27-24-31-29-22(35-24)17-9-6-10-18(14-17)23-30-32-25(36-23)28-21(34)15-19-11-4-5-12-26-19/h1-5,7-8,11-12,17-18H,6,9-10,13-15H2,(H,27,31,33)(H,28,32,34). The van der Waals surface area contributed by atoms with Crippen LogP contribution in [0.1, 0.15) is 58.8 Å². The summed E-state index contributed by atoms with van der Waals surface area (Å²) in [6.45, 7) is 0. The van der Waals surface area contributed by atoms with Crippen molar-refractivity contribution >= 4 is 44.8 Å². The normalized spacial score (nSPS) is 17.4. The van der Waals surface area contributed by atoms with Crippen molar-refractivity contribution in [3.05, 3.63) is 76.0 Å². The van der Waals surface area contributed by atoms with Crippen molar-refractivity contribution in [2.24, 2.45) is 0 Å². The average molecular weight is 520 g/mol. The van der Waals surface area contributed by atoms with Crippen LogP contribution < -0.4 is 10.6 Å². The van der Waals surface area contributed by atoms with Crippen molar-refractivity contribution < 1.29 is 9.59 Å². The molecule has 2 atom stereocenters. The van der Waals surface area contributed by atoms with Gasteiger partial charge in [0.25, 0.3) is 0 Å². The number of pyridine rings is 1. The molecule has 3 heterocycles. The third kappa shape index (κ3) is 6.35. The summed E-state index contributed by atoms with van der Waals surface area (Å²) in [5.41, 5.74) is 1.67. The first-order valence-corrected chi connectivity index (χ1v) is 13.5. The molecule has 36 heavy (non-hydrogen) atoms. The number of nitrogens with one attached hydrogen (secondary N) is 2. The maximum atomic E-state index is 12.4. The lowest BCUT2D eigenvalue weighted by Crippen LogP contribution is -2.14. The van der Waals surface area contributed by atoms with Gasteiger partial charge in [0, 0.05) is 23.7 Å². The quantitative estimate of drug-likeness (QED) is 0.349. The first-order chi connectivity index (χ1) is 17.6. The van der Waals surface area contributed by atoms with Crippen LogP contribution in [0.25, 0.3) is 0 Å². The molecule has 1 saturated carbocycles. The minimum absolute atomic E-state index is 0.100. The van der Waals surface area contributed by atoms with Gasteiger partial charge in [0.05, 0.1) is 12.8 Å². The zero-order valence-electron chi connectivity index (χ0n) is 19.5. The van der Waals surface area contributed by atoms with Crippen LogP contribution in [-0.4, -0.2) is 37.2 Å². The summed E-state index contributed by atoms with van der Waals surface area (Å²) in [4.78, 5) is 28.9. The highest BCUT2D eigenvalue weighted by Gasteiger charge is 2.29. The lowest BCUT2D eigenvalue weighted by molar-refractivity contribution is -0.116. The molecular formula is C25H25N7O2S2. The Labute approximate surface area is 216 Å². The van der Waals surface area contributed by atoms with Gasteiger partial charge < -0.3 is 10.6 Å². The Morgan fingerprint density at radius 3 is 2.00 bits per heavy atom. The molecule has 1 aromatic carbocycles. The summed E-state index contributed by atoms with van der Waals surface area (Å²) in [5, 5.41) is 25.7. The minimum atomic E-state index is -0.159. The predicted molar refractivity (Wildman–Crippen MR) is 139 cm³/mol. The van der Waals surface area contributed by atoms with E-state index in [1.54, 1.807) is 6.20 Å². The molecule has 3 aromatic heterocycles. The molecule has 0 saturated heterocycles. The molecule has 0 aliphatic heterocycles. The lowest BCUT2D eigenvalue weighted by Gasteiger charge is -2.25. The van der Waals surface area contributed by atoms with E-state index in [1.807, 2.05) is 48.5 Å². The van der Waals surface area contributed by atoms with E-state index < -0.39 is 0 Å². The molecule has 2 unspecified atom stereocenters. The maximum absolute atomic E-state index is 12.4. The summed E-state index contributed by atoms with van der Waals surface area (Å²) in [7, 11) is 0. The van der Waals surface area contributed by atoms with Gasteiger partial charge in [-0.25, -0.2) is 0 Å². The maximum Gasteiger partial charge on any atom is 0.232 e. The molecule has 1 fully saturated rings. The summed E-state index contributed by atoms with van der Waals surface area (Å²) >= 11 is 2.87. The molecular weight excluding hydrogens is 494 g/mol. The number of hydrogen-bond donors (Lipinski definition) is 2. The number of hydrogen-bond acceptors (Lipinski definition) is 9. The average Bonchev–Trinajstić information content (AvgIpc) is 3.55. The molecule has 2 N–H and O–H groups in total. The van der Waals surface area contributed by atoms with Gasteiger partial charge in [-0.3, -0.25) is 14.6 Å². The molecule has 1 aliphatic rings. The van der Waals surface area contributed by atoms with Crippen LogP contribution in [0, 0.1) is 0 Å². The first kappa shape index (κ1) is 24.1. The van der Waals surface area contributed by atoms with Crippen molar-refractivity contribution in [3.8, 4) is 0 Å². The number of rotatable bonds is 8. The van der Waals surface area contributed by atoms with Crippen molar-refractivity contribution in [2.45, 2.75) is 50.4 Å². The highest BCUT2D eigenvalue weighted by Crippen LogP contribution is 2.43. The zero-order valence-corrected chi connectivity index (χ0v) is 21.1. The van der Waals surface area contributed by atoms with Gasteiger partial charge in [-0.15, -0.1) is 20.4 Å². The Kier molecular flexibility index (Phi) is 7.67. The molecule has 0 bridgehead atoms. The van der Waals surface area contributed by atoms with Gasteiger partial charge in [-0.05, 0) is 37.0 Å². The Hall–Kier alpha value is -3.57. The minimum Gasteiger partial charge on any atom is -0.300 e. The number of aromatic nitrogens is 5. The number of benzene rings is 1. The number of amides is 2. The molecule has 4 aromatic rings. The van der Waals surface area contributed by atoms with Crippen LogP contribution in [-0.2, 0) is 22.4 Å². The lowest BCUT2D eigenvalue weighted by atomic mass is 9.82. The molecule has 184 valence electrons. The summed E-state index contributed by atoms with van der Waals surface area (Å²) in [6, 6.07) is 15.1.